The molecule has 41 heavy (non-hydrogen) atoms. The maximum absolute atomic E-state index is 12.4. The molecule has 8 heteroatoms. The quantitative estimate of drug-likeness (QED) is 0.261. The first-order chi connectivity index (χ1) is 19.8. The van der Waals surface area contributed by atoms with E-state index < -0.39 is 5.97 Å². The van der Waals surface area contributed by atoms with E-state index in [1.165, 1.54) is 33.3 Å². The number of carboxylic acid groups (broad SMARTS) is 1. The van der Waals surface area contributed by atoms with Crippen LogP contribution in [0.5, 0.6) is 0 Å². The largest absolute Gasteiger partial charge is 0.478 e. The minimum Gasteiger partial charge on any atom is -0.478 e. The van der Waals surface area contributed by atoms with Gasteiger partial charge in [0.2, 0.25) is 5.91 Å². The Morgan fingerprint density at radius 3 is 2.41 bits per heavy atom. The molecular weight excluding hydrogens is 532 g/mol. The van der Waals surface area contributed by atoms with Crippen molar-refractivity contribution in [2.75, 3.05) is 13.1 Å². The number of hydrogen-bond donors (Lipinski definition) is 1. The molecule has 0 bridgehead atoms. The summed E-state index contributed by atoms with van der Waals surface area (Å²) in [6.45, 7) is 7.86. The van der Waals surface area contributed by atoms with Gasteiger partial charge in [0.1, 0.15) is 5.56 Å². The smallest absolute Gasteiger partial charge is 0.339 e. The van der Waals surface area contributed by atoms with Crippen LogP contribution in [0.1, 0.15) is 74.8 Å². The molecule has 1 amide bonds. The minimum absolute atomic E-state index is 0.181. The highest BCUT2D eigenvalue weighted by Gasteiger charge is 2.35. The molecule has 0 atom stereocenters. The molecule has 2 fully saturated rings. The summed E-state index contributed by atoms with van der Waals surface area (Å²) >= 11 is 1.74. The highest BCUT2D eigenvalue weighted by Crippen LogP contribution is 2.36. The van der Waals surface area contributed by atoms with E-state index in [-0.39, 0.29) is 5.56 Å². The summed E-state index contributed by atoms with van der Waals surface area (Å²) in [5.74, 6) is 0.839. The number of thiophene rings is 1. The van der Waals surface area contributed by atoms with Crippen molar-refractivity contribution < 1.29 is 14.7 Å². The van der Waals surface area contributed by atoms with Crippen molar-refractivity contribution in [3.63, 3.8) is 0 Å². The van der Waals surface area contributed by atoms with Gasteiger partial charge in [0, 0.05) is 23.9 Å². The van der Waals surface area contributed by atoms with Crippen LogP contribution in [0.4, 0.5) is 0 Å². The number of carboxylic acids is 1. The number of piperidine rings is 1. The van der Waals surface area contributed by atoms with E-state index in [1.54, 1.807) is 22.9 Å². The maximum atomic E-state index is 12.4. The van der Waals surface area contributed by atoms with Gasteiger partial charge in [-0.25, -0.2) is 14.5 Å². The first-order valence-electron chi connectivity index (χ1n) is 14.5. The van der Waals surface area contributed by atoms with Crippen LogP contribution in [0.2, 0.25) is 0 Å². The van der Waals surface area contributed by atoms with E-state index in [4.69, 9.17) is 4.98 Å². The summed E-state index contributed by atoms with van der Waals surface area (Å²) in [6.07, 6.45) is 7.50. The number of hydrogen-bond acceptors (Lipinski definition) is 5. The van der Waals surface area contributed by atoms with E-state index in [1.807, 2.05) is 18.2 Å². The SMILES string of the molecule is Cc1cc(CCc2ccc(C3CCN(C(=O)C4CC4)CC3)cc2C)c(-c2cccc(-n3ncc(C(=O)O)c3C)n2)s1. The number of aromatic nitrogens is 3. The number of carbonyl (C=O) groups is 2. The molecule has 6 rings (SSSR count). The van der Waals surface area contributed by atoms with Crippen LogP contribution in [0.15, 0.2) is 48.7 Å². The standard InChI is InChI=1S/C33H36N4O3S/c1-20-17-26(24-13-15-36(16-14-24)32(38)25-9-10-25)11-7-23(20)8-12-27-18-21(2)41-31(27)29-5-4-6-30(35-29)37-22(3)28(19-34-37)33(39)40/h4-7,11,17-19,24-25H,8-10,12-16H2,1-3H3,(H,39,40). The number of aryl methyl sites for hydroxylation is 4. The second kappa shape index (κ2) is 11.2. The second-order valence-electron chi connectivity index (χ2n) is 11.5. The molecule has 3 aromatic heterocycles. The summed E-state index contributed by atoms with van der Waals surface area (Å²) in [5, 5.41) is 13.7. The van der Waals surface area contributed by atoms with Gasteiger partial charge in [-0.15, -0.1) is 11.3 Å². The third kappa shape index (κ3) is 5.71. The average Bonchev–Trinajstić information content (AvgIpc) is 3.65. The van der Waals surface area contributed by atoms with Crippen molar-refractivity contribution in [2.24, 2.45) is 5.92 Å². The summed E-state index contributed by atoms with van der Waals surface area (Å²) in [6, 6.07) is 15.0. The van der Waals surface area contributed by atoms with Crippen molar-refractivity contribution in [1.29, 1.82) is 0 Å². The van der Waals surface area contributed by atoms with Crippen LogP contribution >= 0.6 is 11.3 Å². The number of likely N-dealkylation sites (tertiary alicyclic amines) is 1. The lowest BCUT2D eigenvalue weighted by Crippen LogP contribution is -2.38. The minimum atomic E-state index is -0.991. The molecule has 4 aromatic rings. The van der Waals surface area contributed by atoms with Gasteiger partial charge in [-0.05, 0) is 106 Å². The fourth-order valence-electron chi connectivity index (χ4n) is 6.03. The first-order valence-corrected chi connectivity index (χ1v) is 15.3. The van der Waals surface area contributed by atoms with Crippen LogP contribution < -0.4 is 0 Å². The van der Waals surface area contributed by atoms with E-state index >= 15 is 0 Å². The molecule has 1 aliphatic carbocycles. The highest BCUT2D eigenvalue weighted by atomic mass is 32.1. The van der Waals surface area contributed by atoms with Crippen LogP contribution in [-0.2, 0) is 17.6 Å². The predicted octanol–water partition coefficient (Wildman–Crippen LogP) is 6.52. The summed E-state index contributed by atoms with van der Waals surface area (Å²) in [4.78, 5) is 33.3. The van der Waals surface area contributed by atoms with Gasteiger partial charge in [0.15, 0.2) is 5.82 Å². The Morgan fingerprint density at radius 2 is 1.73 bits per heavy atom. The van der Waals surface area contributed by atoms with Crippen LogP contribution in [0.25, 0.3) is 16.4 Å². The number of benzene rings is 1. The lowest BCUT2D eigenvalue weighted by molar-refractivity contribution is -0.133. The normalized spacial score (nSPS) is 15.8. The number of pyridine rings is 1. The lowest BCUT2D eigenvalue weighted by Gasteiger charge is -2.32. The van der Waals surface area contributed by atoms with E-state index in [0.29, 0.717) is 29.3 Å². The third-order valence-electron chi connectivity index (χ3n) is 8.59. The molecule has 1 saturated heterocycles. The molecule has 212 valence electrons. The molecule has 0 radical (unpaired) electrons. The van der Waals surface area contributed by atoms with Gasteiger partial charge in [-0.1, -0.05) is 24.3 Å². The number of carbonyl (C=O) groups excluding carboxylic acids is 1. The zero-order valence-electron chi connectivity index (χ0n) is 23.9. The second-order valence-corrected chi connectivity index (χ2v) is 12.8. The van der Waals surface area contributed by atoms with E-state index in [0.717, 1.165) is 62.2 Å². The number of rotatable bonds is 8. The molecule has 1 aromatic carbocycles. The van der Waals surface area contributed by atoms with Gasteiger partial charge < -0.3 is 10.0 Å². The molecule has 4 heterocycles. The zero-order chi connectivity index (χ0) is 28.7. The van der Waals surface area contributed by atoms with Crippen molar-refractivity contribution in [3.8, 4) is 16.4 Å². The summed E-state index contributed by atoms with van der Waals surface area (Å²) < 4.78 is 1.59. The summed E-state index contributed by atoms with van der Waals surface area (Å²) in [7, 11) is 0. The molecule has 0 spiro atoms. The molecule has 1 aliphatic heterocycles. The Kier molecular flexibility index (Phi) is 7.51. The molecule has 0 unspecified atom stereocenters. The topological polar surface area (TPSA) is 88.3 Å². The number of nitrogens with zero attached hydrogens (tertiary/aromatic N) is 4. The van der Waals surface area contributed by atoms with Crippen LogP contribution in [0.3, 0.4) is 0 Å². The average molecular weight is 569 g/mol. The van der Waals surface area contributed by atoms with Gasteiger partial charge in [-0.2, -0.15) is 5.10 Å². The molecule has 2 aliphatic rings. The fourth-order valence-corrected chi connectivity index (χ4v) is 7.07. The Hall–Kier alpha value is -3.78. The van der Waals surface area contributed by atoms with Crippen LogP contribution in [0, 0.1) is 26.7 Å². The van der Waals surface area contributed by atoms with Crippen LogP contribution in [-0.4, -0.2) is 49.7 Å². The Morgan fingerprint density at radius 1 is 0.976 bits per heavy atom. The Balaban J connectivity index is 1.15. The molecule has 7 nitrogen and oxygen atoms in total. The molecular formula is C33H36N4O3S. The van der Waals surface area contributed by atoms with Gasteiger partial charge in [0.05, 0.1) is 22.5 Å². The third-order valence-corrected chi connectivity index (χ3v) is 9.71. The van der Waals surface area contributed by atoms with E-state index in [9.17, 15) is 14.7 Å². The first kappa shape index (κ1) is 27.4. The lowest BCUT2D eigenvalue weighted by atomic mass is 9.87. The van der Waals surface area contributed by atoms with Gasteiger partial charge in [-0.3, -0.25) is 4.79 Å². The maximum Gasteiger partial charge on any atom is 0.339 e. The number of aromatic carboxylic acids is 1. The van der Waals surface area contributed by atoms with Crippen molar-refractivity contribution in [2.45, 2.75) is 65.2 Å². The van der Waals surface area contributed by atoms with Crippen molar-refractivity contribution in [3.05, 3.63) is 87.0 Å². The van der Waals surface area contributed by atoms with Gasteiger partial charge in [0.25, 0.3) is 0 Å². The van der Waals surface area contributed by atoms with Gasteiger partial charge >= 0.3 is 5.97 Å². The Labute approximate surface area is 244 Å². The highest BCUT2D eigenvalue weighted by molar-refractivity contribution is 7.15. The number of amides is 1. The monoisotopic (exact) mass is 568 g/mol. The predicted molar refractivity (Wildman–Crippen MR) is 161 cm³/mol. The molecule has 1 saturated carbocycles. The van der Waals surface area contributed by atoms with E-state index in [2.05, 4.69) is 48.1 Å². The fraction of sp³-hybridized carbons (Fsp3) is 0.394. The summed E-state index contributed by atoms with van der Waals surface area (Å²) in [5.41, 5.74) is 6.98. The van der Waals surface area contributed by atoms with Crippen molar-refractivity contribution in [1.82, 2.24) is 19.7 Å². The van der Waals surface area contributed by atoms with Crippen molar-refractivity contribution >= 4 is 23.2 Å². The molecule has 1 N–H and O–H groups in total. The Bertz CT molecular complexity index is 1610. The zero-order valence-corrected chi connectivity index (χ0v) is 24.7.